The van der Waals surface area contributed by atoms with Gasteiger partial charge in [-0.05, 0) is 61.2 Å². The maximum atomic E-state index is 13.7. The maximum Gasteiger partial charge on any atom is 0.255 e. The predicted molar refractivity (Wildman–Crippen MR) is 98.0 cm³/mol. The van der Waals surface area contributed by atoms with Gasteiger partial charge in [0, 0.05) is 30.0 Å². The molecule has 0 radical (unpaired) electrons. The molecule has 1 N–H and O–H groups in total. The highest BCUT2D eigenvalue weighted by molar-refractivity contribution is 6.04. The Morgan fingerprint density at radius 2 is 1.84 bits per heavy atom. The van der Waals surface area contributed by atoms with Crippen LogP contribution in [0.4, 0.5) is 15.8 Å². The van der Waals surface area contributed by atoms with Gasteiger partial charge in [-0.15, -0.1) is 0 Å². The minimum atomic E-state index is -0.551. The Morgan fingerprint density at radius 1 is 1.16 bits per heavy atom. The minimum absolute atomic E-state index is 0.122. The molecule has 4 nitrogen and oxygen atoms in total. The molecule has 132 valence electrons. The number of hydrogen-bond donors (Lipinski definition) is 1. The summed E-state index contributed by atoms with van der Waals surface area (Å²) in [5.74, 6) is 0.0161. The molecule has 1 amide bonds. The number of hydrogen-bond acceptors (Lipinski definition) is 3. The summed E-state index contributed by atoms with van der Waals surface area (Å²) in [6.45, 7) is 4.42. The van der Waals surface area contributed by atoms with Crippen molar-refractivity contribution in [3.8, 4) is 5.75 Å². The van der Waals surface area contributed by atoms with E-state index < -0.39 is 5.82 Å². The standard InChI is InChI=1S/C20H23FN2O2/c1-14-9-11-23(12-10-14)17-6-4-16(5-7-17)22-20(24)15-3-8-19(25-2)18(21)13-15/h3-8,13-14H,9-12H2,1-2H3,(H,22,24). The first kappa shape index (κ1) is 17.3. The molecule has 1 aliphatic heterocycles. The largest absolute Gasteiger partial charge is 0.494 e. The van der Waals surface area contributed by atoms with Gasteiger partial charge in [0.2, 0.25) is 0 Å². The van der Waals surface area contributed by atoms with Crippen molar-refractivity contribution >= 4 is 17.3 Å². The van der Waals surface area contributed by atoms with Crippen LogP contribution in [0.5, 0.6) is 5.75 Å². The number of nitrogens with one attached hydrogen (secondary N) is 1. The molecule has 5 heteroatoms. The lowest BCUT2D eigenvalue weighted by molar-refractivity contribution is 0.102. The summed E-state index contributed by atoms with van der Waals surface area (Å²) in [5.41, 5.74) is 2.11. The molecule has 0 saturated carbocycles. The molecule has 0 atom stereocenters. The van der Waals surface area contributed by atoms with E-state index in [1.807, 2.05) is 24.3 Å². The van der Waals surface area contributed by atoms with Crippen molar-refractivity contribution in [1.29, 1.82) is 0 Å². The lowest BCUT2D eigenvalue weighted by Gasteiger charge is -2.32. The van der Waals surface area contributed by atoms with Crippen molar-refractivity contribution < 1.29 is 13.9 Å². The summed E-state index contributed by atoms with van der Waals surface area (Å²) in [4.78, 5) is 14.6. The van der Waals surface area contributed by atoms with Gasteiger partial charge < -0.3 is 15.0 Å². The quantitative estimate of drug-likeness (QED) is 0.899. The van der Waals surface area contributed by atoms with E-state index >= 15 is 0 Å². The molecule has 1 fully saturated rings. The number of piperidine rings is 1. The zero-order chi connectivity index (χ0) is 17.8. The van der Waals surface area contributed by atoms with Gasteiger partial charge in [0.25, 0.3) is 5.91 Å². The number of carbonyl (C=O) groups excluding carboxylic acids is 1. The highest BCUT2D eigenvalue weighted by atomic mass is 19.1. The maximum absolute atomic E-state index is 13.7. The van der Waals surface area contributed by atoms with Gasteiger partial charge in [-0.1, -0.05) is 6.92 Å². The number of benzene rings is 2. The summed E-state index contributed by atoms with van der Waals surface area (Å²) in [5, 5.41) is 2.80. The highest BCUT2D eigenvalue weighted by Crippen LogP contribution is 2.24. The molecule has 0 spiro atoms. The van der Waals surface area contributed by atoms with Crippen LogP contribution in [-0.2, 0) is 0 Å². The molecule has 25 heavy (non-hydrogen) atoms. The van der Waals surface area contributed by atoms with Crippen LogP contribution in [0.15, 0.2) is 42.5 Å². The Labute approximate surface area is 147 Å². The first-order valence-corrected chi connectivity index (χ1v) is 8.56. The van der Waals surface area contributed by atoms with E-state index in [-0.39, 0.29) is 17.2 Å². The highest BCUT2D eigenvalue weighted by Gasteiger charge is 2.16. The molecule has 1 aliphatic rings. The third-order valence-corrected chi connectivity index (χ3v) is 4.69. The number of rotatable bonds is 4. The Hall–Kier alpha value is -2.56. The molecule has 1 heterocycles. The van der Waals surface area contributed by atoms with Crippen LogP contribution < -0.4 is 15.0 Å². The third kappa shape index (κ3) is 4.10. The van der Waals surface area contributed by atoms with Crippen LogP contribution in [-0.4, -0.2) is 26.1 Å². The van der Waals surface area contributed by atoms with E-state index in [9.17, 15) is 9.18 Å². The number of nitrogens with zero attached hydrogens (tertiary/aromatic N) is 1. The Bertz CT molecular complexity index is 738. The van der Waals surface area contributed by atoms with E-state index in [1.165, 1.54) is 37.8 Å². The van der Waals surface area contributed by atoms with Gasteiger partial charge in [-0.2, -0.15) is 0 Å². The number of methoxy groups -OCH3 is 1. The minimum Gasteiger partial charge on any atom is -0.494 e. The van der Waals surface area contributed by atoms with Gasteiger partial charge in [-0.25, -0.2) is 4.39 Å². The van der Waals surface area contributed by atoms with Crippen LogP contribution in [0, 0.1) is 11.7 Å². The van der Waals surface area contributed by atoms with E-state index in [2.05, 4.69) is 17.1 Å². The molecular formula is C20H23FN2O2. The van der Waals surface area contributed by atoms with Gasteiger partial charge in [-0.3, -0.25) is 4.79 Å². The topological polar surface area (TPSA) is 41.6 Å². The second kappa shape index (κ2) is 7.55. The van der Waals surface area contributed by atoms with E-state index in [4.69, 9.17) is 4.74 Å². The third-order valence-electron chi connectivity index (χ3n) is 4.69. The average Bonchev–Trinajstić information content (AvgIpc) is 2.63. The Kier molecular flexibility index (Phi) is 5.22. The molecule has 0 aliphatic carbocycles. The van der Waals surface area contributed by atoms with Crippen LogP contribution in [0.25, 0.3) is 0 Å². The van der Waals surface area contributed by atoms with Crippen LogP contribution >= 0.6 is 0 Å². The Balaban J connectivity index is 1.65. The fourth-order valence-corrected chi connectivity index (χ4v) is 3.03. The van der Waals surface area contributed by atoms with E-state index in [0.29, 0.717) is 5.69 Å². The molecule has 1 saturated heterocycles. The van der Waals surface area contributed by atoms with Crippen molar-refractivity contribution in [3.05, 3.63) is 53.8 Å². The van der Waals surface area contributed by atoms with Gasteiger partial charge in [0.05, 0.1) is 7.11 Å². The smallest absolute Gasteiger partial charge is 0.255 e. The summed E-state index contributed by atoms with van der Waals surface area (Å²) >= 11 is 0. The van der Waals surface area contributed by atoms with Crippen molar-refractivity contribution in [2.24, 2.45) is 5.92 Å². The second-order valence-corrected chi connectivity index (χ2v) is 6.52. The molecule has 0 bridgehead atoms. The Morgan fingerprint density at radius 3 is 2.44 bits per heavy atom. The summed E-state index contributed by atoms with van der Waals surface area (Å²) < 4.78 is 18.6. The summed E-state index contributed by atoms with van der Waals surface area (Å²) in [7, 11) is 1.39. The number of ether oxygens (including phenoxy) is 1. The molecule has 0 unspecified atom stereocenters. The number of halogens is 1. The van der Waals surface area contributed by atoms with Crippen molar-refractivity contribution in [3.63, 3.8) is 0 Å². The van der Waals surface area contributed by atoms with Gasteiger partial charge in [0.15, 0.2) is 11.6 Å². The lowest BCUT2D eigenvalue weighted by Crippen LogP contribution is -2.32. The second-order valence-electron chi connectivity index (χ2n) is 6.52. The van der Waals surface area contributed by atoms with E-state index in [0.717, 1.165) is 19.0 Å². The summed E-state index contributed by atoms with van der Waals surface area (Å²) in [6.07, 6.45) is 2.42. The number of carbonyl (C=O) groups is 1. The van der Waals surface area contributed by atoms with Crippen LogP contribution in [0.2, 0.25) is 0 Å². The fraction of sp³-hybridized carbons (Fsp3) is 0.350. The molecule has 3 rings (SSSR count). The normalized spacial score (nSPS) is 15.1. The van der Waals surface area contributed by atoms with Gasteiger partial charge in [0.1, 0.15) is 0 Å². The van der Waals surface area contributed by atoms with Crippen LogP contribution in [0.3, 0.4) is 0 Å². The number of anilines is 2. The lowest BCUT2D eigenvalue weighted by atomic mass is 9.99. The first-order valence-electron chi connectivity index (χ1n) is 8.56. The molecule has 0 aromatic heterocycles. The van der Waals surface area contributed by atoms with Crippen molar-refractivity contribution in [2.75, 3.05) is 30.4 Å². The molecule has 2 aromatic carbocycles. The average molecular weight is 342 g/mol. The zero-order valence-electron chi connectivity index (χ0n) is 14.6. The molecular weight excluding hydrogens is 319 g/mol. The predicted octanol–water partition coefficient (Wildman–Crippen LogP) is 4.32. The van der Waals surface area contributed by atoms with Crippen molar-refractivity contribution in [1.82, 2.24) is 0 Å². The number of amides is 1. The van der Waals surface area contributed by atoms with Gasteiger partial charge >= 0.3 is 0 Å². The van der Waals surface area contributed by atoms with Crippen molar-refractivity contribution in [2.45, 2.75) is 19.8 Å². The van der Waals surface area contributed by atoms with Crippen LogP contribution in [0.1, 0.15) is 30.1 Å². The fourth-order valence-electron chi connectivity index (χ4n) is 3.03. The monoisotopic (exact) mass is 342 g/mol. The first-order chi connectivity index (χ1) is 12.1. The summed E-state index contributed by atoms with van der Waals surface area (Å²) in [6, 6.07) is 12.0. The zero-order valence-corrected chi connectivity index (χ0v) is 14.6. The molecule has 2 aromatic rings. The SMILES string of the molecule is COc1ccc(C(=O)Nc2ccc(N3CCC(C)CC3)cc2)cc1F. The van der Waals surface area contributed by atoms with E-state index in [1.54, 1.807) is 6.07 Å².